The van der Waals surface area contributed by atoms with Crippen LogP contribution in [0.25, 0.3) is 0 Å². The minimum atomic E-state index is -0.184. The van der Waals surface area contributed by atoms with E-state index in [9.17, 15) is 9.59 Å². The summed E-state index contributed by atoms with van der Waals surface area (Å²) in [4.78, 5) is 25.4. The number of benzene rings is 2. The van der Waals surface area contributed by atoms with Crippen LogP contribution < -0.4 is 10.1 Å². The predicted octanol–water partition coefficient (Wildman–Crippen LogP) is 3.07. The molecule has 0 fully saturated rings. The van der Waals surface area contributed by atoms with Crippen LogP contribution in [0.5, 0.6) is 5.75 Å². The maximum absolute atomic E-state index is 12.4. The van der Waals surface area contributed by atoms with E-state index >= 15 is 0 Å². The number of para-hydroxylation sites is 2. The van der Waals surface area contributed by atoms with Gasteiger partial charge >= 0.3 is 0 Å². The SMILES string of the molecule is CCN(Cc1ccccc1)C(=O)COc1ccccc1NC(C)=O. The Morgan fingerprint density at radius 1 is 1.04 bits per heavy atom. The van der Waals surface area contributed by atoms with Crippen LogP contribution in [0.1, 0.15) is 19.4 Å². The molecule has 0 aliphatic rings. The molecular formula is C19H22N2O3. The molecule has 0 saturated carbocycles. The van der Waals surface area contributed by atoms with Gasteiger partial charge in [-0.3, -0.25) is 9.59 Å². The number of nitrogens with zero attached hydrogens (tertiary/aromatic N) is 1. The zero-order chi connectivity index (χ0) is 17.4. The van der Waals surface area contributed by atoms with Gasteiger partial charge in [-0.15, -0.1) is 0 Å². The number of hydrogen-bond acceptors (Lipinski definition) is 3. The maximum Gasteiger partial charge on any atom is 0.260 e. The molecule has 0 aliphatic heterocycles. The van der Waals surface area contributed by atoms with Crippen LogP contribution in [0.3, 0.4) is 0 Å². The third kappa shape index (κ3) is 5.12. The van der Waals surface area contributed by atoms with E-state index in [0.717, 1.165) is 5.56 Å². The van der Waals surface area contributed by atoms with E-state index in [1.54, 1.807) is 29.2 Å². The van der Waals surface area contributed by atoms with Gasteiger partial charge in [-0.05, 0) is 24.6 Å². The molecule has 0 saturated heterocycles. The number of anilines is 1. The lowest BCUT2D eigenvalue weighted by Gasteiger charge is -2.21. The van der Waals surface area contributed by atoms with Crippen molar-refractivity contribution in [3.63, 3.8) is 0 Å². The first-order chi connectivity index (χ1) is 11.6. The highest BCUT2D eigenvalue weighted by Crippen LogP contribution is 2.23. The first kappa shape index (κ1) is 17.5. The molecule has 5 nitrogen and oxygen atoms in total. The highest BCUT2D eigenvalue weighted by Gasteiger charge is 2.14. The fourth-order valence-corrected chi connectivity index (χ4v) is 2.30. The Kier molecular flexibility index (Phi) is 6.37. The van der Waals surface area contributed by atoms with Gasteiger partial charge in [-0.25, -0.2) is 0 Å². The fraction of sp³-hybridized carbons (Fsp3) is 0.263. The van der Waals surface area contributed by atoms with E-state index in [2.05, 4.69) is 5.32 Å². The highest BCUT2D eigenvalue weighted by atomic mass is 16.5. The van der Waals surface area contributed by atoms with Crippen molar-refractivity contribution in [2.24, 2.45) is 0 Å². The fourth-order valence-electron chi connectivity index (χ4n) is 2.30. The summed E-state index contributed by atoms with van der Waals surface area (Å²) in [6, 6.07) is 16.9. The van der Waals surface area contributed by atoms with Crippen molar-refractivity contribution in [2.45, 2.75) is 20.4 Å². The summed E-state index contributed by atoms with van der Waals surface area (Å²) >= 11 is 0. The number of nitrogens with one attached hydrogen (secondary N) is 1. The van der Waals surface area contributed by atoms with Crippen molar-refractivity contribution in [3.8, 4) is 5.75 Å². The van der Waals surface area contributed by atoms with Gasteiger partial charge in [0, 0.05) is 20.0 Å². The van der Waals surface area contributed by atoms with E-state index in [0.29, 0.717) is 24.5 Å². The lowest BCUT2D eigenvalue weighted by Crippen LogP contribution is -2.34. The summed E-state index contributed by atoms with van der Waals surface area (Å²) < 4.78 is 5.61. The summed E-state index contributed by atoms with van der Waals surface area (Å²) in [6.45, 7) is 4.45. The summed E-state index contributed by atoms with van der Waals surface area (Å²) in [6.07, 6.45) is 0. The normalized spacial score (nSPS) is 10.1. The molecule has 2 aromatic rings. The Bertz CT molecular complexity index is 686. The van der Waals surface area contributed by atoms with Crippen LogP contribution in [-0.4, -0.2) is 29.9 Å². The third-order valence-electron chi connectivity index (χ3n) is 3.50. The third-order valence-corrected chi connectivity index (χ3v) is 3.50. The summed E-state index contributed by atoms with van der Waals surface area (Å²) in [5.41, 5.74) is 1.63. The van der Waals surface area contributed by atoms with Crippen molar-refractivity contribution in [2.75, 3.05) is 18.5 Å². The second kappa shape index (κ2) is 8.72. The molecule has 2 amide bonds. The first-order valence-electron chi connectivity index (χ1n) is 7.91. The lowest BCUT2D eigenvalue weighted by molar-refractivity contribution is -0.133. The van der Waals surface area contributed by atoms with Crippen LogP contribution >= 0.6 is 0 Å². The molecule has 0 aliphatic carbocycles. The molecule has 0 spiro atoms. The number of amides is 2. The lowest BCUT2D eigenvalue weighted by atomic mass is 10.2. The Hall–Kier alpha value is -2.82. The van der Waals surface area contributed by atoms with E-state index in [1.165, 1.54) is 6.92 Å². The number of rotatable bonds is 7. The summed E-state index contributed by atoms with van der Waals surface area (Å²) in [5, 5.41) is 2.69. The molecule has 2 aromatic carbocycles. The second-order valence-corrected chi connectivity index (χ2v) is 5.36. The predicted molar refractivity (Wildman–Crippen MR) is 93.8 cm³/mol. The average molecular weight is 326 g/mol. The quantitative estimate of drug-likeness (QED) is 0.850. The van der Waals surface area contributed by atoms with E-state index in [4.69, 9.17) is 4.74 Å². The van der Waals surface area contributed by atoms with Crippen molar-refractivity contribution in [3.05, 3.63) is 60.2 Å². The zero-order valence-corrected chi connectivity index (χ0v) is 14.0. The standard InChI is InChI=1S/C19H22N2O3/c1-3-21(13-16-9-5-4-6-10-16)19(23)14-24-18-12-8-7-11-17(18)20-15(2)22/h4-12H,3,13-14H2,1-2H3,(H,20,22). The molecule has 0 heterocycles. The number of carbonyl (C=O) groups excluding carboxylic acids is 2. The monoisotopic (exact) mass is 326 g/mol. The number of hydrogen-bond donors (Lipinski definition) is 1. The van der Waals surface area contributed by atoms with Crippen LogP contribution in [0.2, 0.25) is 0 Å². The average Bonchev–Trinajstić information content (AvgIpc) is 2.59. The molecule has 0 aromatic heterocycles. The van der Waals surface area contributed by atoms with Gasteiger partial charge in [0.05, 0.1) is 5.69 Å². The summed E-state index contributed by atoms with van der Waals surface area (Å²) in [7, 11) is 0. The van der Waals surface area contributed by atoms with E-state index < -0.39 is 0 Å². The van der Waals surface area contributed by atoms with E-state index in [1.807, 2.05) is 37.3 Å². The van der Waals surface area contributed by atoms with Gasteiger partial charge in [-0.2, -0.15) is 0 Å². The highest BCUT2D eigenvalue weighted by molar-refractivity contribution is 5.90. The molecule has 2 rings (SSSR count). The Labute approximate surface area is 142 Å². The molecular weight excluding hydrogens is 304 g/mol. The smallest absolute Gasteiger partial charge is 0.260 e. The van der Waals surface area contributed by atoms with Crippen molar-refractivity contribution in [1.82, 2.24) is 4.90 Å². The Morgan fingerprint density at radius 3 is 2.38 bits per heavy atom. The topological polar surface area (TPSA) is 58.6 Å². The van der Waals surface area contributed by atoms with Crippen LogP contribution in [0.4, 0.5) is 5.69 Å². The van der Waals surface area contributed by atoms with Gasteiger partial charge in [0.25, 0.3) is 5.91 Å². The van der Waals surface area contributed by atoms with Crippen LogP contribution in [0, 0.1) is 0 Å². The Morgan fingerprint density at radius 2 is 1.71 bits per heavy atom. The minimum absolute atomic E-state index is 0.0722. The number of likely N-dealkylation sites (N-methyl/N-ethyl adjacent to an activating group) is 1. The maximum atomic E-state index is 12.4. The molecule has 126 valence electrons. The molecule has 0 bridgehead atoms. The van der Waals surface area contributed by atoms with Gasteiger partial charge in [0.2, 0.25) is 5.91 Å². The molecule has 5 heteroatoms. The first-order valence-corrected chi connectivity index (χ1v) is 7.91. The molecule has 0 unspecified atom stereocenters. The molecule has 24 heavy (non-hydrogen) atoms. The summed E-state index contributed by atoms with van der Waals surface area (Å²) in [5.74, 6) is 0.201. The van der Waals surface area contributed by atoms with Gasteiger partial charge in [-0.1, -0.05) is 42.5 Å². The molecule has 1 N–H and O–H groups in total. The molecule has 0 atom stereocenters. The van der Waals surface area contributed by atoms with Gasteiger partial charge in [0.15, 0.2) is 6.61 Å². The number of carbonyl (C=O) groups is 2. The molecule has 0 radical (unpaired) electrons. The van der Waals surface area contributed by atoms with Crippen molar-refractivity contribution in [1.29, 1.82) is 0 Å². The van der Waals surface area contributed by atoms with Crippen molar-refractivity contribution < 1.29 is 14.3 Å². The Balaban J connectivity index is 1.97. The number of ether oxygens (including phenoxy) is 1. The zero-order valence-electron chi connectivity index (χ0n) is 14.0. The van der Waals surface area contributed by atoms with Crippen LogP contribution in [0.15, 0.2) is 54.6 Å². The second-order valence-electron chi connectivity index (χ2n) is 5.36. The largest absolute Gasteiger partial charge is 0.482 e. The van der Waals surface area contributed by atoms with E-state index in [-0.39, 0.29) is 18.4 Å². The van der Waals surface area contributed by atoms with Crippen LogP contribution in [-0.2, 0) is 16.1 Å². The van der Waals surface area contributed by atoms with Gasteiger partial charge in [0.1, 0.15) is 5.75 Å². The van der Waals surface area contributed by atoms with Gasteiger partial charge < -0.3 is 15.0 Å². The van der Waals surface area contributed by atoms with Crippen molar-refractivity contribution >= 4 is 17.5 Å². The minimum Gasteiger partial charge on any atom is -0.482 e.